The van der Waals surface area contributed by atoms with Crippen molar-refractivity contribution in [3.63, 3.8) is 0 Å². The van der Waals surface area contributed by atoms with E-state index in [4.69, 9.17) is 16.0 Å². The summed E-state index contributed by atoms with van der Waals surface area (Å²) in [5.41, 5.74) is 2.51. The number of Topliss-reactive ketones (excluding diaryl/α,β-unsaturated/α-hetero) is 1. The highest BCUT2D eigenvalue weighted by Crippen LogP contribution is 2.40. The highest BCUT2D eigenvalue weighted by Gasteiger charge is 2.44. The van der Waals surface area contributed by atoms with Crippen molar-refractivity contribution in [2.24, 2.45) is 0 Å². The summed E-state index contributed by atoms with van der Waals surface area (Å²) in [4.78, 5) is 28.0. The molecule has 1 atom stereocenters. The lowest BCUT2D eigenvalue weighted by Crippen LogP contribution is -2.32. The summed E-state index contributed by atoms with van der Waals surface area (Å²) < 4.78 is 5.75. The van der Waals surface area contributed by atoms with Crippen molar-refractivity contribution >= 4 is 34.3 Å². The number of benzene rings is 2. The zero-order valence-electron chi connectivity index (χ0n) is 18.4. The van der Waals surface area contributed by atoms with Crippen LogP contribution in [0.5, 0.6) is 0 Å². The van der Waals surface area contributed by atoms with E-state index in [9.17, 15) is 14.7 Å². The largest absolute Gasteiger partial charge is 0.503 e. The van der Waals surface area contributed by atoms with E-state index in [2.05, 4.69) is 13.8 Å². The van der Waals surface area contributed by atoms with Gasteiger partial charge in [-0.3, -0.25) is 9.59 Å². The second-order valence-corrected chi connectivity index (χ2v) is 8.90. The zero-order chi connectivity index (χ0) is 23.0. The Kier molecular flexibility index (Phi) is 6.11. The molecule has 1 aliphatic rings. The first-order valence-electron chi connectivity index (χ1n) is 10.9. The van der Waals surface area contributed by atoms with Crippen molar-refractivity contribution in [1.29, 1.82) is 0 Å². The second-order valence-electron chi connectivity index (χ2n) is 8.46. The SMILES string of the molecule is CCCCN1C(=O)C(O)=C(C(=O)c2cc3cc(Cl)ccc3o2)C1c1ccc(C(C)C)cc1. The van der Waals surface area contributed by atoms with Gasteiger partial charge in [-0.15, -0.1) is 0 Å². The Bertz CT molecular complexity index is 1210. The van der Waals surface area contributed by atoms with Gasteiger partial charge in [-0.2, -0.15) is 0 Å². The molecular formula is C26H26ClNO4. The molecule has 0 bridgehead atoms. The number of unbranched alkanes of at least 4 members (excludes halogenated alkanes) is 1. The number of nitrogens with zero attached hydrogens (tertiary/aromatic N) is 1. The molecule has 0 saturated carbocycles. The van der Waals surface area contributed by atoms with Crippen molar-refractivity contribution < 1.29 is 19.1 Å². The van der Waals surface area contributed by atoms with E-state index in [1.807, 2.05) is 31.2 Å². The molecule has 32 heavy (non-hydrogen) atoms. The summed E-state index contributed by atoms with van der Waals surface area (Å²) in [6.07, 6.45) is 1.65. The normalized spacial score (nSPS) is 16.6. The number of hydrogen-bond acceptors (Lipinski definition) is 4. The van der Waals surface area contributed by atoms with Crippen LogP contribution in [0.15, 0.2) is 64.3 Å². The number of carbonyl (C=O) groups excluding carboxylic acids is 2. The minimum atomic E-state index is -0.667. The topological polar surface area (TPSA) is 70.8 Å². The lowest BCUT2D eigenvalue weighted by atomic mass is 9.93. The van der Waals surface area contributed by atoms with Crippen LogP contribution in [0.2, 0.25) is 5.02 Å². The number of aliphatic hydroxyl groups excluding tert-OH is 1. The molecule has 0 saturated heterocycles. The quantitative estimate of drug-likeness (QED) is 0.411. The second kappa shape index (κ2) is 8.83. The molecule has 0 fully saturated rings. The Morgan fingerprint density at radius 3 is 2.53 bits per heavy atom. The number of hydrogen-bond donors (Lipinski definition) is 1. The van der Waals surface area contributed by atoms with Crippen molar-refractivity contribution in [2.45, 2.75) is 45.6 Å². The summed E-state index contributed by atoms with van der Waals surface area (Å²) in [7, 11) is 0. The highest BCUT2D eigenvalue weighted by molar-refractivity contribution is 6.31. The average molecular weight is 452 g/mol. The molecular weight excluding hydrogens is 426 g/mol. The Morgan fingerprint density at radius 1 is 1.16 bits per heavy atom. The van der Waals surface area contributed by atoms with Crippen LogP contribution >= 0.6 is 11.6 Å². The van der Waals surface area contributed by atoms with Gasteiger partial charge in [0.15, 0.2) is 11.5 Å². The predicted molar refractivity (Wildman–Crippen MR) is 125 cm³/mol. The molecule has 2 aromatic carbocycles. The lowest BCUT2D eigenvalue weighted by Gasteiger charge is -2.27. The lowest BCUT2D eigenvalue weighted by molar-refractivity contribution is -0.129. The van der Waals surface area contributed by atoms with Gasteiger partial charge in [-0.25, -0.2) is 0 Å². The minimum absolute atomic E-state index is 0.0496. The number of rotatable bonds is 7. The van der Waals surface area contributed by atoms with Crippen LogP contribution in [0, 0.1) is 0 Å². The van der Waals surface area contributed by atoms with Gasteiger partial charge < -0.3 is 14.4 Å². The molecule has 6 heteroatoms. The first kappa shape index (κ1) is 22.2. The molecule has 1 N–H and O–H groups in total. The number of amides is 1. The molecule has 1 unspecified atom stereocenters. The summed E-state index contributed by atoms with van der Waals surface area (Å²) in [5.74, 6) is -1.11. The van der Waals surface area contributed by atoms with Crippen molar-refractivity contribution in [1.82, 2.24) is 4.90 Å². The third kappa shape index (κ3) is 3.93. The van der Waals surface area contributed by atoms with Crippen LogP contribution in [0.3, 0.4) is 0 Å². The molecule has 5 nitrogen and oxygen atoms in total. The third-order valence-electron chi connectivity index (χ3n) is 5.92. The van der Waals surface area contributed by atoms with E-state index < -0.39 is 23.5 Å². The summed E-state index contributed by atoms with van der Waals surface area (Å²) in [6, 6.07) is 13.9. The summed E-state index contributed by atoms with van der Waals surface area (Å²) >= 11 is 6.06. The summed E-state index contributed by atoms with van der Waals surface area (Å²) in [5, 5.41) is 12.0. The average Bonchev–Trinajstić information content (AvgIpc) is 3.30. The van der Waals surface area contributed by atoms with E-state index in [-0.39, 0.29) is 11.3 Å². The number of ketones is 1. The molecule has 3 aromatic rings. The fourth-order valence-electron chi connectivity index (χ4n) is 4.11. The zero-order valence-corrected chi connectivity index (χ0v) is 19.1. The standard InChI is InChI=1S/C26H26ClNO4/c1-4-5-12-28-23(17-8-6-16(7-9-17)15(2)3)22(25(30)26(28)31)24(29)21-14-18-13-19(27)10-11-20(18)32-21/h6-11,13-15,23,30H,4-5,12H2,1-3H3. The van der Waals surface area contributed by atoms with Crippen LogP contribution in [0.4, 0.5) is 0 Å². The van der Waals surface area contributed by atoms with Crippen molar-refractivity contribution in [3.05, 3.63) is 81.8 Å². The van der Waals surface area contributed by atoms with Gasteiger partial charge in [0.2, 0.25) is 5.78 Å². The Hall–Kier alpha value is -3.05. The van der Waals surface area contributed by atoms with Gasteiger partial charge >= 0.3 is 0 Å². The maximum atomic E-state index is 13.5. The maximum Gasteiger partial charge on any atom is 0.290 e. The smallest absolute Gasteiger partial charge is 0.290 e. The van der Waals surface area contributed by atoms with E-state index in [0.29, 0.717) is 28.5 Å². The van der Waals surface area contributed by atoms with Crippen LogP contribution in [0.25, 0.3) is 11.0 Å². The Labute approximate surface area is 192 Å². The van der Waals surface area contributed by atoms with E-state index >= 15 is 0 Å². The van der Waals surface area contributed by atoms with Crippen LogP contribution in [-0.4, -0.2) is 28.2 Å². The number of aliphatic hydroxyl groups is 1. The fraction of sp³-hybridized carbons (Fsp3) is 0.308. The molecule has 4 rings (SSSR count). The van der Waals surface area contributed by atoms with Gasteiger partial charge in [0.05, 0.1) is 11.6 Å². The van der Waals surface area contributed by atoms with Gasteiger partial charge in [-0.1, -0.05) is 63.1 Å². The van der Waals surface area contributed by atoms with Gasteiger partial charge in [0.25, 0.3) is 5.91 Å². The van der Waals surface area contributed by atoms with Gasteiger partial charge in [-0.05, 0) is 47.7 Å². The van der Waals surface area contributed by atoms with E-state index in [0.717, 1.165) is 24.0 Å². The summed E-state index contributed by atoms with van der Waals surface area (Å²) in [6.45, 7) is 6.70. The number of fused-ring (bicyclic) bond motifs is 1. The van der Waals surface area contributed by atoms with Crippen LogP contribution in [0.1, 0.15) is 67.3 Å². The van der Waals surface area contributed by atoms with Crippen molar-refractivity contribution in [3.8, 4) is 0 Å². The Balaban J connectivity index is 1.78. The first-order chi connectivity index (χ1) is 15.3. The Morgan fingerprint density at radius 2 is 1.88 bits per heavy atom. The highest BCUT2D eigenvalue weighted by atomic mass is 35.5. The maximum absolute atomic E-state index is 13.5. The molecule has 2 heterocycles. The molecule has 1 aromatic heterocycles. The van der Waals surface area contributed by atoms with Crippen LogP contribution < -0.4 is 0 Å². The minimum Gasteiger partial charge on any atom is -0.503 e. The molecule has 166 valence electrons. The third-order valence-corrected chi connectivity index (χ3v) is 6.16. The molecule has 1 aliphatic heterocycles. The number of halogens is 1. The number of furan rings is 1. The predicted octanol–water partition coefficient (Wildman–Crippen LogP) is 6.59. The van der Waals surface area contributed by atoms with E-state index in [1.165, 1.54) is 0 Å². The van der Waals surface area contributed by atoms with Crippen molar-refractivity contribution in [2.75, 3.05) is 6.54 Å². The molecule has 0 aliphatic carbocycles. The molecule has 0 radical (unpaired) electrons. The molecule has 1 amide bonds. The molecule has 0 spiro atoms. The van der Waals surface area contributed by atoms with E-state index in [1.54, 1.807) is 29.2 Å². The fourth-order valence-corrected chi connectivity index (χ4v) is 4.29. The first-order valence-corrected chi connectivity index (χ1v) is 11.3. The number of carbonyl (C=O) groups is 2. The van der Waals surface area contributed by atoms with Gasteiger partial charge in [0, 0.05) is 17.0 Å². The van der Waals surface area contributed by atoms with Gasteiger partial charge in [0.1, 0.15) is 5.58 Å². The van der Waals surface area contributed by atoms with Crippen LogP contribution in [-0.2, 0) is 4.79 Å². The monoisotopic (exact) mass is 451 g/mol.